The molecule has 1 rings (SSSR count). The van der Waals surface area contributed by atoms with Crippen molar-refractivity contribution in [2.75, 3.05) is 6.54 Å². The van der Waals surface area contributed by atoms with E-state index in [0.29, 0.717) is 6.54 Å². The van der Waals surface area contributed by atoms with Crippen LogP contribution in [-0.2, 0) is 0 Å². The van der Waals surface area contributed by atoms with Crippen LogP contribution >= 0.6 is 0 Å². The highest BCUT2D eigenvalue weighted by atomic mass is 15.0. The highest BCUT2D eigenvalue weighted by Gasteiger charge is 1.84. The number of aliphatic imine (C=N–C) groups is 1. The van der Waals surface area contributed by atoms with E-state index in [9.17, 15) is 0 Å². The molecule has 0 atom stereocenters. The van der Waals surface area contributed by atoms with E-state index in [1.165, 1.54) is 0 Å². The third-order valence-electron chi connectivity index (χ3n) is 1.76. The van der Waals surface area contributed by atoms with Crippen molar-refractivity contribution in [3.8, 4) is 11.8 Å². The van der Waals surface area contributed by atoms with Gasteiger partial charge in [0.2, 0.25) is 0 Å². The van der Waals surface area contributed by atoms with Gasteiger partial charge in [-0.3, -0.25) is 4.99 Å². The first kappa shape index (κ1) is 11.1. The highest BCUT2D eigenvalue weighted by molar-refractivity contribution is 5.75. The number of rotatable bonds is 3. The summed E-state index contributed by atoms with van der Waals surface area (Å²) in [7, 11) is 0. The molecule has 78 valence electrons. The van der Waals surface area contributed by atoms with Crippen LogP contribution in [0.3, 0.4) is 0 Å². The number of guanidine groups is 1. The maximum absolute atomic E-state index is 5.19. The summed E-state index contributed by atoms with van der Waals surface area (Å²) in [4.78, 5) is 3.87. The summed E-state index contributed by atoms with van der Waals surface area (Å²) in [5.41, 5.74) is 11.4. The van der Waals surface area contributed by atoms with E-state index >= 15 is 0 Å². The Kier molecular flexibility index (Phi) is 4.82. The smallest absolute Gasteiger partial charge is 0.185 e. The summed E-state index contributed by atoms with van der Waals surface area (Å²) in [6.45, 7) is 0.645. The molecule has 0 saturated heterocycles. The van der Waals surface area contributed by atoms with Crippen molar-refractivity contribution in [3.63, 3.8) is 0 Å². The lowest BCUT2D eigenvalue weighted by Crippen LogP contribution is -2.22. The highest BCUT2D eigenvalue weighted by Crippen LogP contribution is 1.95. The fraction of sp³-hybridized carbons (Fsp3) is 0.250. The van der Waals surface area contributed by atoms with Gasteiger partial charge in [-0.1, -0.05) is 30.0 Å². The zero-order chi connectivity index (χ0) is 10.9. The third-order valence-corrected chi connectivity index (χ3v) is 1.76. The van der Waals surface area contributed by atoms with Crippen LogP contribution < -0.4 is 11.5 Å². The minimum absolute atomic E-state index is 0.144. The molecule has 0 unspecified atom stereocenters. The number of benzene rings is 1. The van der Waals surface area contributed by atoms with Crippen molar-refractivity contribution in [1.29, 1.82) is 0 Å². The van der Waals surface area contributed by atoms with Crippen molar-refractivity contribution in [2.45, 2.75) is 12.8 Å². The van der Waals surface area contributed by atoms with Gasteiger partial charge >= 0.3 is 0 Å². The van der Waals surface area contributed by atoms with Crippen molar-refractivity contribution in [2.24, 2.45) is 16.5 Å². The van der Waals surface area contributed by atoms with Gasteiger partial charge in [-0.25, -0.2) is 0 Å². The zero-order valence-corrected chi connectivity index (χ0v) is 8.61. The Balaban J connectivity index is 2.26. The van der Waals surface area contributed by atoms with Crippen molar-refractivity contribution >= 4 is 5.96 Å². The fourth-order valence-corrected chi connectivity index (χ4v) is 1.06. The van der Waals surface area contributed by atoms with Gasteiger partial charge in [-0.05, 0) is 18.6 Å². The van der Waals surface area contributed by atoms with Crippen molar-refractivity contribution in [1.82, 2.24) is 0 Å². The quantitative estimate of drug-likeness (QED) is 0.333. The van der Waals surface area contributed by atoms with Crippen LogP contribution in [0.1, 0.15) is 18.4 Å². The van der Waals surface area contributed by atoms with E-state index < -0.39 is 0 Å². The normalized spacial score (nSPS) is 8.80. The fourth-order valence-electron chi connectivity index (χ4n) is 1.06. The number of nitrogens with zero attached hydrogens (tertiary/aromatic N) is 1. The van der Waals surface area contributed by atoms with Crippen LogP contribution in [0.25, 0.3) is 0 Å². The van der Waals surface area contributed by atoms with Gasteiger partial charge in [0, 0.05) is 18.5 Å². The molecule has 0 radical (unpaired) electrons. The number of hydrogen-bond donors (Lipinski definition) is 2. The number of hydrogen-bond acceptors (Lipinski definition) is 1. The predicted octanol–water partition coefficient (Wildman–Crippen LogP) is 1.09. The van der Waals surface area contributed by atoms with Crippen LogP contribution in [0, 0.1) is 11.8 Å². The molecular formula is C12H15N3. The second kappa shape index (κ2) is 6.50. The minimum atomic E-state index is 0.144. The summed E-state index contributed by atoms with van der Waals surface area (Å²) in [6.07, 6.45) is 1.70. The van der Waals surface area contributed by atoms with Crippen LogP contribution in [0.2, 0.25) is 0 Å². The molecule has 0 aliphatic rings. The average molecular weight is 201 g/mol. The Bertz CT molecular complexity index is 367. The van der Waals surface area contributed by atoms with E-state index in [1.54, 1.807) is 0 Å². The first-order chi connectivity index (χ1) is 7.29. The maximum Gasteiger partial charge on any atom is 0.185 e. The molecule has 0 aromatic heterocycles. The molecule has 15 heavy (non-hydrogen) atoms. The lowest BCUT2D eigenvalue weighted by atomic mass is 10.2. The standard InChI is InChI=1S/C12H15N3/c13-12(14)15-10-6-2-5-9-11-7-3-1-4-8-11/h1,3-4,7-8H,2,6,10H2,(H4,13,14,15). The largest absolute Gasteiger partial charge is 0.370 e. The first-order valence-corrected chi connectivity index (χ1v) is 4.88. The third kappa shape index (κ3) is 5.37. The summed E-state index contributed by atoms with van der Waals surface area (Å²) in [6, 6.07) is 9.91. The Morgan fingerprint density at radius 2 is 1.93 bits per heavy atom. The number of unbranched alkanes of at least 4 members (excludes halogenated alkanes) is 1. The topological polar surface area (TPSA) is 64.4 Å². The van der Waals surface area contributed by atoms with Gasteiger partial charge in [0.15, 0.2) is 5.96 Å². The molecule has 3 nitrogen and oxygen atoms in total. The lowest BCUT2D eigenvalue weighted by Gasteiger charge is -1.91. The monoisotopic (exact) mass is 201 g/mol. The SMILES string of the molecule is NC(N)=NCCCC#Cc1ccccc1. The molecule has 4 N–H and O–H groups in total. The molecule has 0 aliphatic heterocycles. The molecule has 1 aromatic carbocycles. The van der Waals surface area contributed by atoms with E-state index in [-0.39, 0.29) is 5.96 Å². The first-order valence-electron chi connectivity index (χ1n) is 4.88. The predicted molar refractivity (Wildman–Crippen MR) is 63.2 cm³/mol. The molecular weight excluding hydrogens is 186 g/mol. The Hall–Kier alpha value is -1.95. The van der Waals surface area contributed by atoms with E-state index in [1.807, 2.05) is 30.3 Å². The van der Waals surface area contributed by atoms with Gasteiger partial charge in [0.25, 0.3) is 0 Å². The van der Waals surface area contributed by atoms with Gasteiger partial charge in [0.1, 0.15) is 0 Å². The summed E-state index contributed by atoms with van der Waals surface area (Å²) >= 11 is 0. The van der Waals surface area contributed by atoms with E-state index in [4.69, 9.17) is 11.5 Å². The molecule has 3 heteroatoms. The van der Waals surface area contributed by atoms with Crippen LogP contribution in [0.4, 0.5) is 0 Å². The molecule has 0 heterocycles. The summed E-state index contributed by atoms with van der Waals surface area (Å²) in [5.74, 6) is 6.29. The second-order valence-electron chi connectivity index (χ2n) is 3.08. The van der Waals surface area contributed by atoms with Crippen molar-refractivity contribution in [3.05, 3.63) is 35.9 Å². The minimum Gasteiger partial charge on any atom is -0.370 e. The van der Waals surface area contributed by atoms with Gasteiger partial charge in [-0.15, -0.1) is 0 Å². The van der Waals surface area contributed by atoms with E-state index in [2.05, 4.69) is 16.8 Å². The Morgan fingerprint density at radius 1 is 1.20 bits per heavy atom. The lowest BCUT2D eigenvalue weighted by molar-refractivity contribution is 0.867. The summed E-state index contributed by atoms with van der Waals surface area (Å²) in [5, 5.41) is 0. The molecule has 0 amide bonds. The summed E-state index contributed by atoms with van der Waals surface area (Å²) < 4.78 is 0. The van der Waals surface area contributed by atoms with Crippen LogP contribution in [0.15, 0.2) is 35.3 Å². The Labute approximate surface area is 90.2 Å². The van der Waals surface area contributed by atoms with Gasteiger partial charge in [0.05, 0.1) is 0 Å². The molecule has 0 bridgehead atoms. The van der Waals surface area contributed by atoms with Crippen LogP contribution in [-0.4, -0.2) is 12.5 Å². The average Bonchev–Trinajstić information content (AvgIpc) is 2.24. The second-order valence-corrected chi connectivity index (χ2v) is 3.08. The number of nitrogens with two attached hydrogens (primary N) is 2. The molecule has 0 aliphatic carbocycles. The maximum atomic E-state index is 5.19. The Morgan fingerprint density at radius 3 is 2.60 bits per heavy atom. The molecule has 0 fully saturated rings. The van der Waals surface area contributed by atoms with Gasteiger partial charge in [-0.2, -0.15) is 0 Å². The van der Waals surface area contributed by atoms with Crippen LogP contribution in [0.5, 0.6) is 0 Å². The van der Waals surface area contributed by atoms with E-state index in [0.717, 1.165) is 18.4 Å². The van der Waals surface area contributed by atoms with Crippen molar-refractivity contribution < 1.29 is 0 Å². The molecule has 0 saturated carbocycles. The van der Waals surface area contributed by atoms with Gasteiger partial charge < -0.3 is 11.5 Å². The zero-order valence-electron chi connectivity index (χ0n) is 8.61. The molecule has 0 spiro atoms. The molecule has 1 aromatic rings.